The standard InChI is InChI=1S/C17H15NO/c1-12-11-13-7-3-4-9-15(13)17(19-2)18-16-10-6-5-8-14(12)16/h3-10H,1,11H2,2H3. The molecule has 94 valence electrons. The number of para-hydroxylation sites is 1. The maximum atomic E-state index is 5.47. The summed E-state index contributed by atoms with van der Waals surface area (Å²) in [6.45, 7) is 4.20. The number of benzene rings is 2. The Balaban J connectivity index is 2.27. The highest BCUT2D eigenvalue weighted by molar-refractivity contribution is 5.99. The molecule has 0 amide bonds. The fourth-order valence-corrected chi connectivity index (χ4v) is 2.40. The van der Waals surface area contributed by atoms with Crippen LogP contribution in [-0.2, 0) is 11.2 Å². The van der Waals surface area contributed by atoms with Crippen molar-refractivity contribution < 1.29 is 4.74 Å². The summed E-state index contributed by atoms with van der Waals surface area (Å²) in [4.78, 5) is 4.64. The van der Waals surface area contributed by atoms with Gasteiger partial charge in [-0.25, -0.2) is 4.99 Å². The second-order valence-corrected chi connectivity index (χ2v) is 4.58. The van der Waals surface area contributed by atoms with Crippen LogP contribution in [-0.4, -0.2) is 13.0 Å². The number of hydrogen-bond acceptors (Lipinski definition) is 2. The van der Waals surface area contributed by atoms with Gasteiger partial charge >= 0.3 is 0 Å². The van der Waals surface area contributed by atoms with E-state index in [4.69, 9.17) is 4.74 Å². The molecule has 0 unspecified atom stereocenters. The molecule has 0 aliphatic carbocycles. The number of methoxy groups -OCH3 is 1. The van der Waals surface area contributed by atoms with Crippen molar-refractivity contribution in [2.75, 3.05) is 7.11 Å². The first-order valence-corrected chi connectivity index (χ1v) is 6.27. The minimum absolute atomic E-state index is 0.663. The van der Waals surface area contributed by atoms with Gasteiger partial charge in [0.25, 0.3) is 0 Å². The highest BCUT2D eigenvalue weighted by atomic mass is 16.5. The van der Waals surface area contributed by atoms with Crippen LogP contribution in [0.15, 0.2) is 60.1 Å². The maximum Gasteiger partial charge on any atom is 0.221 e. The van der Waals surface area contributed by atoms with E-state index in [1.165, 1.54) is 5.56 Å². The quantitative estimate of drug-likeness (QED) is 0.692. The molecule has 0 bridgehead atoms. The van der Waals surface area contributed by atoms with E-state index < -0.39 is 0 Å². The van der Waals surface area contributed by atoms with E-state index in [2.05, 4.69) is 23.7 Å². The SMILES string of the molecule is C=C1Cc2ccccc2C(OC)=Nc2ccccc21. The summed E-state index contributed by atoms with van der Waals surface area (Å²) in [6, 6.07) is 16.2. The van der Waals surface area contributed by atoms with E-state index in [0.29, 0.717) is 5.90 Å². The smallest absolute Gasteiger partial charge is 0.221 e. The number of ether oxygens (including phenoxy) is 1. The maximum absolute atomic E-state index is 5.47. The average molecular weight is 249 g/mol. The van der Waals surface area contributed by atoms with Gasteiger partial charge in [0.1, 0.15) is 0 Å². The molecule has 0 radical (unpaired) electrons. The summed E-state index contributed by atoms with van der Waals surface area (Å²) in [5, 5.41) is 0. The summed E-state index contributed by atoms with van der Waals surface area (Å²) in [5.41, 5.74) is 5.33. The van der Waals surface area contributed by atoms with Gasteiger partial charge in [0.15, 0.2) is 0 Å². The first-order valence-electron chi connectivity index (χ1n) is 6.27. The van der Waals surface area contributed by atoms with Crippen molar-refractivity contribution in [3.8, 4) is 0 Å². The second kappa shape index (κ2) is 4.73. The minimum atomic E-state index is 0.663. The van der Waals surface area contributed by atoms with Crippen molar-refractivity contribution in [2.24, 2.45) is 4.99 Å². The topological polar surface area (TPSA) is 21.6 Å². The fraction of sp³-hybridized carbons (Fsp3) is 0.118. The number of nitrogens with zero attached hydrogens (tertiary/aromatic N) is 1. The van der Waals surface area contributed by atoms with Crippen LogP contribution in [0.2, 0.25) is 0 Å². The van der Waals surface area contributed by atoms with E-state index in [9.17, 15) is 0 Å². The molecule has 2 aromatic carbocycles. The van der Waals surface area contributed by atoms with Gasteiger partial charge in [-0.2, -0.15) is 0 Å². The molecule has 1 aliphatic heterocycles. The molecule has 2 heteroatoms. The van der Waals surface area contributed by atoms with Gasteiger partial charge in [0.05, 0.1) is 12.8 Å². The Bertz CT molecular complexity index is 670. The highest BCUT2D eigenvalue weighted by Gasteiger charge is 2.16. The summed E-state index contributed by atoms with van der Waals surface area (Å²) >= 11 is 0. The molecule has 1 heterocycles. The van der Waals surface area contributed by atoms with E-state index >= 15 is 0 Å². The summed E-state index contributed by atoms with van der Waals surface area (Å²) < 4.78 is 5.47. The Morgan fingerprint density at radius 3 is 2.47 bits per heavy atom. The third-order valence-electron chi connectivity index (χ3n) is 3.35. The third kappa shape index (κ3) is 2.06. The van der Waals surface area contributed by atoms with Gasteiger partial charge in [-0.15, -0.1) is 0 Å². The van der Waals surface area contributed by atoms with Crippen LogP contribution in [0.3, 0.4) is 0 Å². The van der Waals surface area contributed by atoms with Crippen LogP contribution in [0.5, 0.6) is 0 Å². The molecule has 1 aliphatic rings. The number of rotatable bonds is 0. The molecule has 0 aromatic heterocycles. The first kappa shape index (κ1) is 11.7. The molecular formula is C17H15NO. The summed E-state index contributed by atoms with van der Waals surface area (Å²) in [5.74, 6) is 0.663. The zero-order valence-corrected chi connectivity index (χ0v) is 10.9. The van der Waals surface area contributed by atoms with Crippen LogP contribution in [0.25, 0.3) is 5.57 Å². The van der Waals surface area contributed by atoms with Gasteiger partial charge < -0.3 is 4.74 Å². The lowest BCUT2D eigenvalue weighted by Gasteiger charge is -2.17. The number of hydrogen-bond donors (Lipinski definition) is 0. The molecule has 2 aromatic rings. The second-order valence-electron chi connectivity index (χ2n) is 4.58. The Kier molecular flexibility index (Phi) is 2.92. The monoisotopic (exact) mass is 249 g/mol. The lowest BCUT2D eigenvalue weighted by Crippen LogP contribution is -2.09. The van der Waals surface area contributed by atoms with Crippen LogP contribution in [0.4, 0.5) is 5.69 Å². The molecule has 0 saturated carbocycles. The molecule has 0 N–H and O–H groups in total. The van der Waals surface area contributed by atoms with Crippen LogP contribution in [0.1, 0.15) is 16.7 Å². The Hall–Kier alpha value is -2.35. The molecular weight excluding hydrogens is 234 g/mol. The molecule has 3 rings (SSSR count). The van der Waals surface area contributed by atoms with Crippen molar-refractivity contribution in [3.63, 3.8) is 0 Å². The van der Waals surface area contributed by atoms with Gasteiger partial charge in [0.2, 0.25) is 5.90 Å². The largest absolute Gasteiger partial charge is 0.481 e. The minimum Gasteiger partial charge on any atom is -0.481 e. The Morgan fingerprint density at radius 2 is 1.68 bits per heavy atom. The van der Waals surface area contributed by atoms with E-state index in [1.807, 2.05) is 36.4 Å². The lowest BCUT2D eigenvalue weighted by molar-refractivity contribution is 0.404. The van der Waals surface area contributed by atoms with E-state index in [-0.39, 0.29) is 0 Å². The van der Waals surface area contributed by atoms with Gasteiger partial charge in [0, 0.05) is 11.1 Å². The van der Waals surface area contributed by atoms with Gasteiger partial charge in [-0.05, 0) is 29.7 Å². The summed E-state index contributed by atoms with van der Waals surface area (Å²) in [7, 11) is 1.66. The third-order valence-corrected chi connectivity index (χ3v) is 3.35. The van der Waals surface area contributed by atoms with Crippen molar-refractivity contribution in [3.05, 3.63) is 71.8 Å². The first-order chi connectivity index (χ1) is 9.29. The van der Waals surface area contributed by atoms with Crippen molar-refractivity contribution in [2.45, 2.75) is 6.42 Å². The van der Waals surface area contributed by atoms with Gasteiger partial charge in [-0.1, -0.05) is 43.0 Å². The molecule has 19 heavy (non-hydrogen) atoms. The molecule has 0 saturated heterocycles. The molecule has 0 fully saturated rings. The predicted molar refractivity (Wildman–Crippen MR) is 78.8 cm³/mol. The van der Waals surface area contributed by atoms with Crippen LogP contribution >= 0.6 is 0 Å². The molecule has 0 spiro atoms. The van der Waals surface area contributed by atoms with Crippen molar-refractivity contribution in [1.29, 1.82) is 0 Å². The Morgan fingerprint density at radius 1 is 1.00 bits per heavy atom. The zero-order valence-electron chi connectivity index (χ0n) is 10.9. The molecule has 0 atom stereocenters. The number of allylic oxidation sites excluding steroid dienone is 1. The fourth-order valence-electron chi connectivity index (χ4n) is 2.40. The van der Waals surface area contributed by atoms with E-state index in [0.717, 1.165) is 28.8 Å². The lowest BCUT2D eigenvalue weighted by atomic mass is 9.94. The predicted octanol–water partition coefficient (Wildman–Crippen LogP) is 3.98. The van der Waals surface area contributed by atoms with Crippen molar-refractivity contribution in [1.82, 2.24) is 0 Å². The summed E-state index contributed by atoms with van der Waals surface area (Å²) in [6.07, 6.45) is 0.815. The highest BCUT2D eigenvalue weighted by Crippen LogP contribution is 2.31. The van der Waals surface area contributed by atoms with E-state index in [1.54, 1.807) is 7.11 Å². The van der Waals surface area contributed by atoms with Crippen LogP contribution in [0, 0.1) is 0 Å². The normalized spacial score (nSPS) is 13.7. The molecule has 2 nitrogen and oxygen atoms in total. The number of aliphatic imine (C=N–C) groups is 1. The average Bonchev–Trinajstić information content (AvgIpc) is 2.44. The van der Waals surface area contributed by atoms with Crippen molar-refractivity contribution >= 4 is 17.2 Å². The number of fused-ring (bicyclic) bond motifs is 2. The van der Waals surface area contributed by atoms with Gasteiger partial charge in [-0.3, -0.25) is 0 Å². The van der Waals surface area contributed by atoms with Crippen LogP contribution < -0.4 is 0 Å². The Labute approximate surface area is 113 Å². The zero-order chi connectivity index (χ0) is 13.2.